The van der Waals surface area contributed by atoms with Gasteiger partial charge in [-0.05, 0) is 41.4 Å². The lowest BCUT2D eigenvalue weighted by Gasteiger charge is -2.20. The Morgan fingerprint density at radius 3 is 2.12 bits per heavy atom. The van der Waals surface area contributed by atoms with Crippen molar-refractivity contribution in [2.24, 2.45) is 5.73 Å². The molecule has 1 saturated carbocycles. The second-order valence-electron chi connectivity index (χ2n) is 5.81. The van der Waals surface area contributed by atoms with Gasteiger partial charge in [0.1, 0.15) is 0 Å². The molecule has 1 aliphatic rings. The van der Waals surface area contributed by atoms with Crippen molar-refractivity contribution in [1.82, 2.24) is 0 Å². The van der Waals surface area contributed by atoms with Gasteiger partial charge < -0.3 is 5.73 Å². The average Bonchev–Trinajstić information content (AvgIpc) is 2.96. The van der Waals surface area contributed by atoms with Gasteiger partial charge in [-0.15, -0.1) is 0 Å². The average molecular weight is 217 g/mol. The van der Waals surface area contributed by atoms with Gasteiger partial charge in [0.25, 0.3) is 0 Å². The minimum Gasteiger partial charge on any atom is -0.321 e. The zero-order valence-electron chi connectivity index (χ0n) is 10.9. The summed E-state index contributed by atoms with van der Waals surface area (Å²) in [5.41, 5.74) is 10.6. The van der Waals surface area contributed by atoms with Gasteiger partial charge in [0.2, 0.25) is 0 Å². The standard InChI is InChI=1S/C15H23N/c1-10(2)12-5-6-13(11(3)4)14(9-12)15(16)7-8-15/h5-6,9-11H,7-8,16H2,1-4H3. The molecule has 2 rings (SSSR count). The van der Waals surface area contributed by atoms with E-state index in [0.29, 0.717) is 11.8 Å². The van der Waals surface area contributed by atoms with Crippen LogP contribution in [0.15, 0.2) is 18.2 Å². The molecular weight excluding hydrogens is 194 g/mol. The molecule has 0 atom stereocenters. The third-order valence-electron chi connectivity index (χ3n) is 3.69. The lowest BCUT2D eigenvalue weighted by atomic mass is 9.88. The third-order valence-corrected chi connectivity index (χ3v) is 3.69. The van der Waals surface area contributed by atoms with Crippen LogP contribution >= 0.6 is 0 Å². The summed E-state index contributed by atoms with van der Waals surface area (Å²) in [6, 6.07) is 6.88. The molecule has 16 heavy (non-hydrogen) atoms. The predicted octanol–water partition coefficient (Wildman–Crippen LogP) is 3.88. The monoisotopic (exact) mass is 217 g/mol. The van der Waals surface area contributed by atoms with Crippen LogP contribution in [0.25, 0.3) is 0 Å². The molecular formula is C15H23N. The van der Waals surface area contributed by atoms with E-state index in [4.69, 9.17) is 5.73 Å². The van der Waals surface area contributed by atoms with E-state index in [9.17, 15) is 0 Å². The van der Waals surface area contributed by atoms with Crippen LogP contribution in [0, 0.1) is 0 Å². The molecule has 1 aromatic carbocycles. The summed E-state index contributed by atoms with van der Waals surface area (Å²) in [5, 5.41) is 0. The maximum Gasteiger partial charge on any atom is 0.0414 e. The lowest BCUT2D eigenvalue weighted by molar-refractivity contribution is 0.702. The Balaban J connectivity index is 2.48. The SMILES string of the molecule is CC(C)c1ccc(C(C)C)c(C2(N)CC2)c1. The molecule has 0 spiro atoms. The fourth-order valence-corrected chi connectivity index (χ4v) is 2.27. The molecule has 1 nitrogen and oxygen atoms in total. The number of hydrogen-bond donors (Lipinski definition) is 1. The number of hydrogen-bond acceptors (Lipinski definition) is 1. The molecule has 0 radical (unpaired) electrons. The Bertz CT molecular complexity index is 386. The highest BCUT2D eigenvalue weighted by atomic mass is 14.8. The molecule has 0 aromatic heterocycles. The molecule has 0 heterocycles. The maximum atomic E-state index is 6.38. The quantitative estimate of drug-likeness (QED) is 0.817. The van der Waals surface area contributed by atoms with Gasteiger partial charge in [-0.25, -0.2) is 0 Å². The van der Waals surface area contributed by atoms with Gasteiger partial charge in [-0.1, -0.05) is 45.9 Å². The van der Waals surface area contributed by atoms with Gasteiger partial charge >= 0.3 is 0 Å². The van der Waals surface area contributed by atoms with Crippen molar-refractivity contribution >= 4 is 0 Å². The Morgan fingerprint density at radius 1 is 1.06 bits per heavy atom. The van der Waals surface area contributed by atoms with E-state index in [2.05, 4.69) is 45.9 Å². The van der Waals surface area contributed by atoms with Crippen LogP contribution in [0.3, 0.4) is 0 Å². The summed E-state index contributed by atoms with van der Waals surface area (Å²) in [6.07, 6.45) is 2.29. The van der Waals surface area contributed by atoms with Crippen molar-refractivity contribution in [2.45, 2.75) is 57.9 Å². The van der Waals surface area contributed by atoms with E-state index in [-0.39, 0.29) is 5.54 Å². The van der Waals surface area contributed by atoms with Gasteiger partial charge in [-0.2, -0.15) is 0 Å². The summed E-state index contributed by atoms with van der Waals surface area (Å²) in [7, 11) is 0. The Morgan fingerprint density at radius 2 is 1.69 bits per heavy atom. The molecule has 1 heteroatoms. The van der Waals surface area contributed by atoms with Gasteiger partial charge in [0, 0.05) is 5.54 Å². The zero-order valence-corrected chi connectivity index (χ0v) is 10.9. The summed E-state index contributed by atoms with van der Waals surface area (Å²) in [4.78, 5) is 0. The third kappa shape index (κ3) is 2.01. The maximum absolute atomic E-state index is 6.38. The van der Waals surface area contributed by atoms with Crippen molar-refractivity contribution in [3.8, 4) is 0 Å². The molecule has 1 aromatic rings. The molecule has 0 aliphatic heterocycles. The first-order valence-corrected chi connectivity index (χ1v) is 6.37. The highest BCUT2D eigenvalue weighted by molar-refractivity contribution is 5.42. The molecule has 2 N–H and O–H groups in total. The molecule has 1 fully saturated rings. The minimum atomic E-state index is -0.00942. The molecule has 0 amide bonds. The highest BCUT2D eigenvalue weighted by Crippen LogP contribution is 2.46. The van der Waals surface area contributed by atoms with Crippen molar-refractivity contribution in [3.05, 3.63) is 34.9 Å². The van der Waals surface area contributed by atoms with Gasteiger partial charge in [0.15, 0.2) is 0 Å². The number of rotatable bonds is 3. The van der Waals surface area contributed by atoms with Crippen molar-refractivity contribution in [1.29, 1.82) is 0 Å². The zero-order chi connectivity index (χ0) is 11.9. The second kappa shape index (κ2) is 3.89. The first-order chi connectivity index (χ1) is 7.44. The van der Waals surface area contributed by atoms with Crippen LogP contribution in [-0.4, -0.2) is 0 Å². The highest BCUT2D eigenvalue weighted by Gasteiger charge is 2.41. The van der Waals surface area contributed by atoms with Gasteiger partial charge in [0.05, 0.1) is 0 Å². The summed E-state index contributed by atoms with van der Waals surface area (Å²) in [5.74, 6) is 1.15. The van der Waals surface area contributed by atoms with Crippen molar-refractivity contribution in [3.63, 3.8) is 0 Å². The summed E-state index contributed by atoms with van der Waals surface area (Å²) in [6.45, 7) is 8.98. The lowest BCUT2D eigenvalue weighted by Crippen LogP contribution is -2.21. The number of benzene rings is 1. The first kappa shape index (κ1) is 11.7. The van der Waals surface area contributed by atoms with Crippen LogP contribution in [0.1, 0.15) is 69.1 Å². The first-order valence-electron chi connectivity index (χ1n) is 6.37. The Labute approximate surface area is 99.0 Å². The minimum absolute atomic E-state index is 0.00942. The Kier molecular flexibility index (Phi) is 2.83. The molecule has 0 bridgehead atoms. The van der Waals surface area contributed by atoms with Crippen LogP contribution in [0.5, 0.6) is 0 Å². The van der Waals surface area contributed by atoms with Gasteiger partial charge in [-0.3, -0.25) is 0 Å². The predicted molar refractivity (Wildman–Crippen MR) is 69.7 cm³/mol. The fourth-order valence-electron chi connectivity index (χ4n) is 2.27. The normalized spacial score (nSPS) is 18.2. The van der Waals surface area contributed by atoms with Crippen LogP contribution < -0.4 is 5.73 Å². The summed E-state index contributed by atoms with van der Waals surface area (Å²) >= 11 is 0. The van der Waals surface area contributed by atoms with Crippen molar-refractivity contribution < 1.29 is 0 Å². The van der Waals surface area contributed by atoms with E-state index in [1.807, 2.05) is 0 Å². The Hall–Kier alpha value is -0.820. The van der Waals surface area contributed by atoms with E-state index in [0.717, 1.165) is 12.8 Å². The van der Waals surface area contributed by atoms with Crippen LogP contribution in [-0.2, 0) is 5.54 Å². The topological polar surface area (TPSA) is 26.0 Å². The second-order valence-corrected chi connectivity index (χ2v) is 5.81. The molecule has 1 aliphatic carbocycles. The van der Waals surface area contributed by atoms with E-state index in [1.165, 1.54) is 16.7 Å². The van der Waals surface area contributed by atoms with E-state index in [1.54, 1.807) is 0 Å². The smallest absolute Gasteiger partial charge is 0.0414 e. The van der Waals surface area contributed by atoms with Crippen LogP contribution in [0.2, 0.25) is 0 Å². The molecule has 0 saturated heterocycles. The fraction of sp³-hybridized carbons (Fsp3) is 0.600. The van der Waals surface area contributed by atoms with E-state index < -0.39 is 0 Å². The largest absolute Gasteiger partial charge is 0.321 e. The molecule has 88 valence electrons. The van der Waals surface area contributed by atoms with Crippen molar-refractivity contribution in [2.75, 3.05) is 0 Å². The van der Waals surface area contributed by atoms with E-state index >= 15 is 0 Å². The van der Waals surface area contributed by atoms with Crippen LogP contribution in [0.4, 0.5) is 0 Å². The summed E-state index contributed by atoms with van der Waals surface area (Å²) < 4.78 is 0. The number of nitrogens with two attached hydrogens (primary N) is 1. The molecule has 0 unspecified atom stereocenters.